The van der Waals surface area contributed by atoms with Crippen LogP contribution < -0.4 is 10.6 Å². The van der Waals surface area contributed by atoms with Gasteiger partial charge in [-0.2, -0.15) is 0 Å². The zero-order valence-corrected chi connectivity index (χ0v) is 15.1. The summed E-state index contributed by atoms with van der Waals surface area (Å²) in [5.41, 5.74) is 2.27. The van der Waals surface area contributed by atoms with Gasteiger partial charge in [-0.1, -0.05) is 18.2 Å². The molecule has 0 radical (unpaired) electrons. The molecule has 2 aromatic rings. The van der Waals surface area contributed by atoms with Crippen LogP contribution in [-0.2, 0) is 22.7 Å². The number of likely N-dealkylation sites (tertiary alicyclic amines) is 1. The molecule has 1 saturated heterocycles. The van der Waals surface area contributed by atoms with Gasteiger partial charge in [0, 0.05) is 38.3 Å². The standard InChI is InChI=1S/C20H22N4O3/c1-21-19(26)15-7-5-14(6-8-15)11-23-20(27)16-10-18(25)24(12-16)13-17-4-2-3-9-22-17/h2-9,16H,10-13H2,1H3,(H,21,26)(H,23,27). The van der Waals surface area contributed by atoms with Crippen LogP contribution in [0.1, 0.15) is 28.0 Å². The molecule has 140 valence electrons. The summed E-state index contributed by atoms with van der Waals surface area (Å²) >= 11 is 0. The maximum atomic E-state index is 12.4. The summed E-state index contributed by atoms with van der Waals surface area (Å²) in [6, 6.07) is 12.6. The van der Waals surface area contributed by atoms with Crippen molar-refractivity contribution < 1.29 is 14.4 Å². The maximum absolute atomic E-state index is 12.4. The highest BCUT2D eigenvalue weighted by atomic mass is 16.2. The molecule has 7 nitrogen and oxygen atoms in total. The van der Waals surface area contributed by atoms with Crippen molar-refractivity contribution in [2.75, 3.05) is 13.6 Å². The molecule has 0 saturated carbocycles. The minimum atomic E-state index is -0.355. The lowest BCUT2D eigenvalue weighted by molar-refractivity contribution is -0.129. The first kappa shape index (κ1) is 18.6. The molecule has 1 aromatic carbocycles. The van der Waals surface area contributed by atoms with Gasteiger partial charge in [0.15, 0.2) is 0 Å². The number of aromatic nitrogens is 1. The Morgan fingerprint density at radius 1 is 1.19 bits per heavy atom. The number of amides is 3. The van der Waals surface area contributed by atoms with E-state index < -0.39 is 0 Å². The number of nitrogens with zero attached hydrogens (tertiary/aromatic N) is 2. The molecule has 7 heteroatoms. The van der Waals surface area contributed by atoms with Gasteiger partial charge in [-0.05, 0) is 29.8 Å². The van der Waals surface area contributed by atoms with Gasteiger partial charge in [0.05, 0.1) is 18.2 Å². The van der Waals surface area contributed by atoms with Crippen LogP contribution in [-0.4, -0.2) is 41.2 Å². The Morgan fingerprint density at radius 3 is 2.63 bits per heavy atom. The van der Waals surface area contributed by atoms with E-state index in [2.05, 4.69) is 15.6 Å². The first-order valence-corrected chi connectivity index (χ1v) is 8.83. The quantitative estimate of drug-likeness (QED) is 0.801. The van der Waals surface area contributed by atoms with Crippen LogP contribution in [0.15, 0.2) is 48.7 Å². The molecule has 1 unspecified atom stereocenters. The number of carbonyl (C=O) groups is 3. The number of hydrogen-bond donors (Lipinski definition) is 2. The van der Waals surface area contributed by atoms with E-state index in [0.717, 1.165) is 11.3 Å². The largest absolute Gasteiger partial charge is 0.355 e. The zero-order valence-electron chi connectivity index (χ0n) is 15.1. The number of hydrogen-bond acceptors (Lipinski definition) is 4. The topological polar surface area (TPSA) is 91.4 Å². The maximum Gasteiger partial charge on any atom is 0.251 e. The summed E-state index contributed by atoms with van der Waals surface area (Å²) in [4.78, 5) is 42.0. The highest BCUT2D eigenvalue weighted by molar-refractivity contribution is 5.94. The average Bonchev–Trinajstić information content (AvgIpc) is 3.07. The van der Waals surface area contributed by atoms with Gasteiger partial charge in [0.25, 0.3) is 5.91 Å². The first-order chi connectivity index (χ1) is 13.1. The lowest BCUT2D eigenvalue weighted by Crippen LogP contribution is -2.32. The van der Waals surface area contributed by atoms with E-state index in [9.17, 15) is 14.4 Å². The summed E-state index contributed by atoms with van der Waals surface area (Å²) in [5.74, 6) is -0.674. The molecule has 0 bridgehead atoms. The predicted molar refractivity (Wildman–Crippen MR) is 99.4 cm³/mol. The van der Waals surface area contributed by atoms with Crippen LogP contribution in [0.5, 0.6) is 0 Å². The third kappa shape index (κ3) is 4.69. The van der Waals surface area contributed by atoms with E-state index in [1.54, 1.807) is 42.4 Å². The van der Waals surface area contributed by atoms with Crippen molar-refractivity contribution >= 4 is 17.7 Å². The van der Waals surface area contributed by atoms with Gasteiger partial charge in [0.1, 0.15) is 0 Å². The van der Waals surface area contributed by atoms with E-state index in [4.69, 9.17) is 0 Å². The lowest BCUT2D eigenvalue weighted by Gasteiger charge is -2.16. The van der Waals surface area contributed by atoms with Crippen molar-refractivity contribution in [1.29, 1.82) is 0 Å². The third-order valence-electron chi connectivity index (χ3n) is 4.57. The SMILES string of the molecule is CNC(=O)c1ccc(CNC(=O)C2CC(=O)N(Cc3ccccn3)C2)cc1. The Labute approximate surface area is 157 Å². The summed E-state index contributed by atoms with van der Waals surface area (Å²) in [5, 5.41) is 5.44. The molecule has 1 aliphatic rings. The van der Waals surface area contributed by atoms with E-state index in [1.165, 1.54) is 0 Å². The van der Waals surface area contributed by atoms with Crippen molar-refractivity contribution in [2.45, 2.75) is 19.5 Å². The monoisotopic (exact) mass is 366 g/mol. The second-order valence-corrected chi connectivity index (χ2v) is 6.49. The predicted octanol–water partition coefficient (Wildman–Crippen LogP) is 1.11. The molecular formula is C20H22N4O3. The number of rotatable bonds is 6. The van der Waals surface area contributed by atoms with Crippen LogP contribution in [0.2, 0.25) is 0 Å². The third-order valence-corrected chi connectivity index (χ3v) is 4.57. The molecule has 3 rings (SSSR count). The van der Waals surface area contributed by atoms with Gasteiger partial charge in [-0.15, -0.1) is 0 Å². The fourth-order valence-electron chi connectivity index (χ4n) is 3.04. The Morgan fingerprint density at radius 2 is 1.96 bits per heavy atom. The van der Waals surface area contributed by atoms with Crippen LogP contribution in [0.3, 0.4) is 0 Å². The Balaban J connectivity index is 1.51. The molecule has 3 amide bonds. The van der Waals surface area contributed by atoms with Crippen LogP contribution in [0.25, 0.3) is 0 Å². The van der Waals surface area contributed by atoms with Crippen molar-refractivity contribution in [3.63, 3.8) is 0 Å². The summed E-state index contributed by atoms with van der Waals surface area (Å²) < 4.78 is 0. The highest BCUT2D eigenvalue weighted by Gasteiger charge is 2.34. The van der Waals surface area contributed by atoms with Crippen molar-refractivity contribution in [3.8, 4) is 0 Å². The normalized spacial score (nSPS) is 16.3. The van der Waals surface area contributed by atoms with E-state index in [0.29, 0.717) is 25.2 Å². The summed E-state index contributed by atoms with van der Waals surface area (Å²) in [6.45, 7) is 1.18. The Hall–Kier alpha value is -3.22. The second-order valence-electron chi connectivity index (χ2n) is 6.49. The van der Waals surface area contributed by atoms with Gasteiger partial charge in [-0.3, -0.25) is 19.4 Å². The fraction of sp³-hybridized carbons (Fsp3) is 0.300. The number of benzene rings is 1. The smallest absolute Gasteiger partial charge is 0.251 e. The van der Waals surface area contributed by atoms with Crippen LogP contribution >= 0.6 is 0 Å². The molecule has 0 spiro atoms. The second kappa shape index (κ2) is 8.44. The van der Waals surface area contributed by atoms with Crippen LogP contribution in [0.4, 0.5) is 0 Å². The van der Waals surface area contributed by atoms with Gasteiger partial charge < -0.3 is 15.5 Å². The van der Waals surface area contributed by atoms with Crippen molar-refractivity contribution in [3.05, 3.63) is 65.5 Å². The minimum Gasteiger partial charge on any atom is -0.355 e. The van der Waals surface area contributed by atoms with Crippen LogP contribution in [0, 0.1) is 5.92 Å². The first-order valence-electron chi connectivity index (χ1n) is 8.83. The van der Waals surface area contributed by atoms with Gasteiger partial charge in [-0.25, -0.2) is 0 Å². The summed E-state index contributed by atoms with van der Waals surface area (Å²) in [7, 11) is 1.58. The Kier molecular flexibility index (Phi) is 5.80. The molecule has 1 atom stereocenters. The van der Waals surface area contributed by atoms with Gasteiger partial charge >= 0.3 is 0 Å². The summed E-state index contributed by atoms with van der Waals surface area (Å²) in [6.07, 6.45) is 1.91. The zero-order chi connectivity index (χ0) is 19.2. The van der Waals surface area contributed by atoms with Crippen molar-refractivity contribution in [1.82, 2.24) is 20.5 Å². The molecule has 27 heavy (non-hydrogen) atoms. The molecule has 1 aromatic heterocycles. The molecule has 1 fully saturated rings. The van der Waals surface area contributed by atoms with E-state index in [-0.39, 0.29) is 30.1 Å². The number of nitrogens with one attached hydrogen (secondary N) is 2. The molecule has 0 aliphatic carbocycles. The molecule has 2 heterocycles. The molecular weight excluding hydrogens is 344 g/mol. The average molecular weight is 366 g/mol. The minimum absolute atomic E-state index is 0.0317. The molecule has 1 aliphatic heterocycles. The van der Waals surface area contributed by atoms with E-state index >= 15 is 0 Å². The molecule has 2 N–H and O–H groups in total. The van der Waals surface area contributed by atoms with Crippen molar-refractivity contribution in [2.24, 2.45) is 5.92 Å². The number of carbonyl (C=O) groups excluding carboxylic acids is 3. The van der Waals surface area contributed by atoms with Gasteiger partial charge in [0.2, 0.25) is 11.8 Å². The lowest BCUT2D eigenvalue weighted by atomic mass is 10.1. The Bertz CT molecular complexity index is 821. The highest BCUT2D eigenvalue weighted by Crippen LogP contribution is 2.20. The number of pyridine rings is 1. The van der Waals surface area contributed by atoms with E-state index in [1.807, 2.05) is 18.2 Å². The fourth-order valence-corrected chi connectivity index (χ4v) is 3.04.